The van der Waals surface area contributed by atoms with E-state index in [0.29, 0.717) is 6.54 Å². The van der Waals surface area contributed by atoms with Crippen LogP contribution >= 0.6 is 0 Å². The number of methoxy groups -OCH3 is 1. The second-order valence-electron chi connectivity index (χ2n) is 5.54. The normalized spacial score (nSPS) is 24.9. The number of carbonyl (C=O) groups excluding carboxylic acids is 1. The van der Waals surface area contributed by atoms with Crippen LogP contribution in [-0.4, -0.2) is 61.9 Å². The molecule has 0 saturated carbocycles. The van der Waals surface area contributed by atoms with Gasteiger partial charge < -0.3 is 9.47 Å². The highest BCUT2D eigenvalue weighted by molar-refractivity contribution is 5.80. The van der Waals surface area contributed by atoms with E-state index in [1.165, 1.54) is 7.11 Å². The molecule has 0 bridgehead atoms. The van der Waals surface area contributed by atoms with Crippen LogP contribution in [0.5, 0.6) is 0 Å². The van der Waals surface area contributed by atoms with Gasteiger partial charge in [-0.05, 0) is 27.7 Å². The first-order chi connectivity index (χ1) is 8.37. The van der Waals surface area contributed by atoms with Crippen molar-refractivity contribution in [3.8, 4) is 0 Å². The lowest BCUT2D eigenvalue weighted by Gasteiger charge is -2.38. The van der Waals surface area contributed by atoms with E-state index in [2.05, 4.69) is 17.1 Å². The van der Waals surface area contributed by atoms with Crippen LogP contribution in [0.2, 0.25) is 0 Å². The van der Waals surface area contributed by atoms with E-state index < -0.39 is 5.54 Å². The highest BCUT2D eigenvalue weighted by Crippen LogP contribution is 2.14. The van der Waals surface area contributed by atoms with Gasteiger partial charge in [-0.1, -0.05) is 0 Å². The number of hydrogen-bond acceptors (Lipinski definition) is 5. The van der Waals surface area contributed by atoms with Gasteiger partial charge in [0.05, 0.1) is 19.8 Å². The maximum atomic E-state index is 12.0. The summed E-state index contributed by atoms with van der Waals surface area (Å²) in [4.78, 5) is 14.2. The zero-order valence-electron chi connectivity index (χ0n) is 12.2. The van der Waals surface area contributed by atoms with Crippen LogP contribution in [-0.2, 0) is 14.3 Å². The van der Waals surface area contributed by atoms with E-state index in [9.17, 15) is 4.79 Å². The molecule has 1 heterocycles. The second kappa shape index (κ2) is 6.50. The van der Waals surface area contributed by atoms with Crippen LogP contribution < -0.4 is 5.32 Å². The highest BCUT2D eigenvalue weighted by atomic mass is 16.5. The maximum Gasteiger partial charge on any atom is 0.327 e. The van der Waals surface area contributed by atoms with Crippen molar-refractivity contribution in [2.45, 2.75) is 45.4 Å². The summed E-state index contributed by atoms with van der Waals surface area (Å²) < 4.78 is 10.4. The summed E-state index contributed by atoms with van der Waals surface area (Å²) in [5, 5.41) is 3.31. The van der Waals surface area contributed by atoms with Crippen LogP contribution in [0.15, 0.2) is 0 Å². The SMILES string of the molecule is COC(=O)C(C)(CN1CCOC(C)C1)NC(C)C. The van der Waals surface area contributed by atoms with E-state index in [-0.39, 0.29) is 18.1 Å². The third kappa shape index (κ3) is 4.23. The molecule has 5 heteroatoms. The van der Waals surface area contributed by atoms with Gasteiger partial charge in [-0.25, -0.2) is 0 Å². The van der Waals surface area contributed by atoms with Crippen LogP contribution in [0.4, 0.5) is 0 Å². The Labute approximate surface area is 110 Å². The van der Waals surface area contributed by atoms with E-state index in [0.717, 1.165) is 19.7 Å². The molecule has 1 rings (SSSR count). The summed E-state index contributed by atoms with van der Waals surface area (Å²) in [6.45, 7) is 11.1. The molecule has 2 unspecified atom stereocenters. The van der Waals surface area contributed by atoms with E-state index in [1.807, 2.05) is 20.8 Å². The molecule has 106 valence electrons. The Bertz CT molecular complexity index is 283. The fourth-order valence-corrected chi connectivity index (χ4v) is 2.51. The quantitative estimate of drug-likeness (QED) is 0.733. The van der Waals surface area contributed by atoms with Crippen LogP contribution in [0.25, 0.3) is 0 Å². The lowest BCUT2D eigenvalue weighted by molar-refractivity contribution is -0.150. The van der Waals surface area contributed by atoms with Crippen molar-refractivity contribution in [3.05, 3.63) is 0 Å². The average Bonchev–Trinajstić information content (AvgIpc) is 2.26. The Morgan fingerprint density at radius 1 is 1.61 bits per heavy atom. The zero-order chi connectivity index (χ0) is 13.8. The van der Waals surface area contributed by atoms with E-state index in [1.54, 1.807) is 0 Å². The molecule has 2 atom stereocenters. The fraction of sp³-hybridized carbons (Fsp3) is 0.923. The summed E-state index contributed by atoms with van der Waals surface area (Å²) in [7, 11) is 1.44. The molecular formula is C13H26N2O3. The first kappa shape index (κ1) is 15.4. The third-order valence-electron chi connectivity index (χ3n) is 3.11. The molecule has 0 aliphatic carbocycles. The Balaban J connectivity index is 2.68. The summed E-state index contributed by atoms with van der Waals surface area (Å²) in [6, 6.07) is 0.229. The molecule has 0 aromatic rings. The van der Waals surface area contributed by atoms with Crippen molar-refractivity contribution in [2.24, 2.45) is 0 Å². The number of nitrogens with zero attached hydrogens (tertiary/aromatic N) is 1. The summed E-state index contributed by atoms with van der Waals surface area (Å²) in [6.07, 6.45) is 0.222. The van der Waals surface area contributed by atoms with Crippen LogP contribution in [0.3, 0.4) is 0 Å². The molecule has 1 aliphatic heterocycles. The Hall–Kier alpha value is -0.650. The van der Waals surface area contributed by atoms with Gasteiger partial charge in [0, 0.05) is 25.7 Å². The van der Waals surface area contributed by atoms with Crippen molar-refractivity contribution in [1.29, 1.82) is 0 Å². The van der Waals surface area contributed by atoms with Gasteiger partial charge in [-0.2, -0.15) is 0 Å². The summed E-state index contributed by atoms with van der Waals surface area (Å²) in [5.41, 5.74) is -0.667. The van der Waals surface area contributed by atoms with Crippen molar-refractivity contribution < 1.29 is 14.3 Å². The van der Waals surface area contributed by atoms with Gasteiger partial charge in [0.15, 0.2) is 0 Å². The molecule has 1 saturated heterocycles. The molecule has 1 aliphatic rings. The average molecular weight is 258 g/mol. The minimum Gasteiger partial charge on any atom is -0.468 e. The van der Waals surface area contributed by atoms with E-state index >= 15 is 0 Å². The standard InChI is InChI=1S/C13H26N2O3/c1-10(2)14-13(4,12(16)17-5)9-15-6-7-18-11(3)8-15/h10-11,14H,6-9H2,1-5H3. The molecule has 0 aromatic carbocycles. The van der Waals surface area contributed by atoms with Gasteiger partial charge in [-0.15, -0.1) is 0 Å². The second-order valence-corrected chi connectivity index (χ2v) is 5.54. The largest absolute Gasteiger partial charge is 0.468 e. The lowest BCUT2D eigenvalue weighted by Crippen LogP contribution is -2.61. The predicted octanol–water partition coefficient (Wildman–Crippen LogP) is 0.637. The van der Waals surface area contributed by atoms with Crippen LogP contribution in [0, 0.1) is 0 Å². The molecule has 5 nitrogen and oxygen atoms in total. The predicted molar refractivity (Wildman–Crippen MR) is 70.5 cm³/mol. The van der Waals surface area contributed by atoms with Gasteiger partial charge in [0.25, 0.3) is 0 Å². The van der Waals surface area contributed by atoms with Crippen molar-refractivity contribution in [3.63, 3.8) is 0 Å². The lowest BCUT2D eigenvalue weighted by atomic mass is 10.00. The molecule has 0 aromatic heterocycles. The maximum absolute atomic E-state index is 12.0. The zero-order valence-corrected chi connectivity index (χ0v) is 12.2. The minimum atomic E-state index is -0.667. The van der Waals surface area contributed by atoms with Gasteiger partial charge >= 0.3 is 5.97 Å². The molecule has 0 amide bonds. The Kier molecular flexibility index (Phi) is 5.56. The topological polar surface area (TPSA) is 50.8 Å². The number of nitrogens with one attached hydrogen (secondary N) is 1. The van der Waals surface area contributed by atoms with Crippen molar-refractivity contribution in [1.82, 2.24) is 10.2 Å². The van der Waals surface area contributed by atoms with Crippen molar-refractivity contribution >= 4 is 5.97 Å². The fourth-order valence-electron chi connectivity index (χ4n) is 2.51. The monoisotopic (exact) mass is 258 g/mol. The Morgan fingerprint density at radius 3 is 2.78 bits per heavy atom. The third-order valence-corrected chi connectivity index (χ3v) is 3.11. The van der Waals surface area contributed by atoms with Gasteiger partial charge in [0.2, 0.25) is 0 Å². The summed E-state index contributed by atoms with van der Waals surface area (Å²) in [5.74, 6) is -0.213. The number of hydrogen-bond donors (Lipinski definition) is 1. The molecule has 0 radical (unpaired) electrons. The smallest absolute Gasteiger partial charge is 0.327 e. The molecule has 0 spiro atoms. The number of rotatable bonds is 5. The first-order valence-corrected chi connectivity index (χ1v) is 6.57. The van der Waals surface area contributed by atoms with Gasteiger partial charge in [0.1, 0.15) is 5.54 Å². The van der Waals surface area contributed by atoms with Crippen LogP contribution in [0.1, 0.15) is 27.7 Å². The molecule has 1 N–H and O–H groups in total. The van der Waals surface area contributed by atoms with E-state index in [4.69, 9.17) is 9.47 Å². The minimum absolute atomic E-state index is 0.213. The Morgan fingerprint density at radius 2 is 2.28 bits per heavy atom. The molecule has 1 fully saturated rings. The number of ether oxygens (including phenoxy) is 2. The molecular weight excluding hydrogens is 232 g/mol. The first-order valence-electron chi connectivity index (χ1n) is 6.57. The van der Waals surface area contributed by atoms with Crippen molar-refractivity contribution in [2.75, 3.05) is 33.4 Å². The number of esters is 1. The molecule has 18 heavy (non-hydrogen) atoms. The van der Waals surface area contributed by atoms with Gasteiger partial charge in [-0.3, -0.25) is 15.0 Å². The summed E-state index contributed by atoms with van der Waals surface area (Å²) >= 11 is 0. The number of carbonyl (C=O) groups is 1. The highest BCUT2D eigenvalue weighted by Gasteiger charge is 2.37. The number of morpholine rings is 1.